The predicted molar refractivity (Wildman–Crippen MR) is 99.3 cm³/mol. The van der Waals surface area contributed by atoms with Gasteiger partial charge in [-0.15, -0.1) is 11.3 Å². The first-order valence-corrected chi connectivity index (χ1v) is 8.60. The van der Waals surface area contributed by atoms with Crippen LogP contribution in [0, 0.1) is 13.8 Å². The summed E-state index contributed by atoms with van der Waals surface area (Å²) in [5, 5.41) is 9.65. The molecule has 5 N–H and O–H groups in total. The average molecular weight is 357 g/mol. The van der Waals surface area contributed by atoms with Crippen LogP contribution in [0.25, 0.3) is 10.2 Å². The van der Waals surface area contributed by atoms with Crippen LogP contribution < -0.4 is 16.2 Å². The maximum atomic E-state index is 11.6. The van der Waals surface area contributed by atoms with Crippen molar-refractivity contribution >= 4 is 33.1 Å². The number of ether oxygens (including phenoxy) is 1. The fraction of sp³-hybridized carbons (Fsp3) is 0.222. The molecule has 0 radical (unpaired) electrons. The number of carbonyl (C=O) groups is 1. The van der Waals surface area contributed by atoms with E-state index in [0.717, 1.165) is 16.8 Å². The number of carbonyl (C=O) groups excluding carboxylic acids is 1. The lowest BCUT2D eigenvalue weighted by Gasteiger charge is -2.12. The molecule has 1 aromatic carbocycles. The van der Waals surface area contributed by atoms with Crippen LogP contribution in [0.3, 0.4) is 0 Å². The molecule has 0 fully saturated rings. The molecular weight excluding hydrogens is 338 g/mol. The maximum absolute atomic E-state index is 11.6. The number of hydrogen-bond donors (Lipinski definition) is 3. The number of aliphatic hydroxyl groups is 1. The minimum Gasteiger partial charge on any atom is -0.456 e. The van der Waals surface area contributed by atoms with Gasteiger partial charge in [-0.25, -0.2) is 4.98 Å². The second kappa shape index (κ2) is 6.70. The lowest BCUT2D eigenvalue weighted by molar-refractivity contribution is 0.100. The van der Waals surface area contributed by atoms with Crippen molar-refractivity contribution in [1.82, 2.24) is 4.98 Å². The van der Waals surface area contributed by atoms with E-state index in [0.29, 0.717) is 33.8 Å². The van der Waals surface area contributed by atoms with E-state index in [1.54, 1.807) is 6.07 Å². The number of nitrogens with zero attached hydrogens (tertiary/aromatic N) is 1. The molecule has 0 spiro atoms. The van der Waals surface area contributed by atoms with Crippen molar-refractivity contribution in [3.05, 3.63) is 46.0 Å². The molecule has 3 aromatic rings. The highest BCUT2D eigenvalue weighted by Crippen LogP contribution is 2.41. The van der Waals surface area contributed by atoms with Crippen molar-refractivity contribution in [1.29, 1.82) is 0 Å². The molecule has 0 atom stereocenters. The number of benzene rings is 1. The number of rotatable bonds is 5. The molecule has 130 valence electrons. The summed E-state index contributed by atoms with van der Waals surface area (Å²) in [4.78, 5) is 16.9. The third-order valence-electron chi connectivity index (χ3n) is 3.87. The molecule has 2 aromatic heterocycles. The van der Waals surface area contributed by atoms with Gasteiger partial charge in [0.2, 0.25) is 0 Å². The SMILES string of the molecule is Cc1cc(Oc2ccc(CCO)cc2C)c2c(N)c(C(N)=O)sc2n1. The third-order valence-corrected chi connectivity index (χ3v) is 4.99. The van der Waals surface area contributed by atoms with Crippen LogP contribution in [0.4, 0.5) is 5.69 Å². The number of primary amides is 1. The van der Waals surface area contributed by atoms with E-state index in [2.05, 4.69) is 4.98 Å². The van der Waals surface area contributed by atoms with Crippen molar-refractivity contribution in [2.75, 3.05) is 12.3 Å². The van der Waals surface area contributed by atoms with E-state index in [1.807, 2.05) is 32.0 Å². The van der Waals surface area contributed by atoms with Crippen LogP contribution in [0.15, 0.2) is 24.3 Å². The van der Waals surface area contributed by atoms with Gasteiger partial charge in [0, 0.05) is 18.4 Å². The zero-order valence-corrected chi connectivity index (χ0v) is 14.8. The molecule has 0 aliphatic carbocycles. The first kappa shape index (κ1) is 17.2. The van der Waals surface area contributed by atoms with Crippen molar-refractivity contribution in [3.63, 3.8) is 0 Å². The highest BCUT2D eigenvalue weighted by Gasteiger charge is 2.19. The lowest BCUT2D eigenvalue weighted by Crippen LogP contribution is -2.10. The van der Waals surface area contributed by atoms with Gasteiger partial charge in [-0.05, 0) is 37.5 Å². The smallest absolute Gasteiger partial charge is 0.260 e. The van der Waals surface area contributed by atoms with Gasteiger partial charge in [-0.2, -0.15) is 0 Å². The Labute approximate surface area is 149 Å². The Morgan fingerprint density at radius 2 is 2.04 bits per heavy atom. The third kappa shape index (κ3) is 3.29. The quantitative estimate of drug-likeness (QED) is 0.650. The Morgan fingerprint density at radius 3 is 2.68 bits per heavy atom. The first-order valence-electron chi connectivity index (χ1n) is 7.78. The molecule has 6 nitrogen and oxygen atoms in total. The minimum absolute atomic E-state index is 0.102. The van der Waals surface area contributed by atoms with Gasteiger partial charge in [0.05, 0.1) is 11.1 Å². The summed E-state index contributed by atoms with van der Waals surface area (Å²) in [6, 6.07) is 7.54. The Kier molecular flexibility index (Phi) is 4.61. The van der Waals surface area contributed by atoms with Crippen LogP contribution in [0.5, 0.6) is 11.5 Å². The van der Waals surface area contributed by atoms with Gasteiger partial charge < -0.3 is 21.3 Å². The molecule has 25 heavy (non-hydrogen) atoms. The number of aryl methyl sites for hydroxylation is 2. The van der Waals surface area contributed by atoms with Crippen LogP contribution in [-0.2, 0) is 6.42 Å². The van der Waals surface area contributed by atoms with E-state index in [1.165, 1.54) is 11.3 Å². The van der Waals surface area contributed by atoms with Crippen LogP contribution in [0.1, 0.15) is 26.5 Å². The molecular formula is C18H19N3O3S. The molecule has 7 heteroatoms. The summed E-state index contributed by atoms with van der Waals surface area (Å²) in [6.45, 7) is 3.89. The van der Waals surface area contributed by atoms with Crippen molar-refractivity contribution < 1.29 is 14.6 Å². The number of thiophene rings is 1. The fourth-order valence-electron chi connectivity index (χ4n) is 2.70. The number of nitrogens with two attached hydrogens (primary N) is 2. The van der Waals surface area contributed by atoms with E-state index in [9.17, 15) is 4.79 Å². The van der Waals surface area contributed by atoms with Crippen LogP contribution in [0.2, 0.25) is 0 Å². The second-order valence-corrected chi connectivity index (χ2v) is 6.83. The van der Waals surface area contributed by atoms with Gasteiger partial charge in [0.1, 0.15) is 21.2 Å². The molecule has 1 amide bonds. The Bertz CT molecular complexity index is 966. The largest absolute Gasteiger partial charge is 0.456 e. The standard InChI is InChI=1S/C18H19N3O3S/c1-9-7-11(5-6-22)3-4-12(9)24-13-8-10(2)21-18-14(13)15(19)16(25-18)17(20)23/h3-4,7-8,22H,5-6,19H2,1-2H3,(H2,20,23). The van der Waals surface area contributed by atoms with Crippen molar-refractivity contribution in [2.24, 2.45) is 5.73 Å². The molecule has 0 saturated carbocycles. The molecule has 0 bridgehead atoms. The average Bonchev–Trinajstić information content (AvgIpc) is 2.87. The van der Waals surface area contributed by atoms with Gasteiger partial charge in [0.25, 0.3) is 5.91 Å². The highest BCUT2D eigenvalue weighted by atomic mass is 32.1. The van der Waals surface area contributed by atoms with E-state index < -0.39 is 5.91 Å². The number of hydrogen-bond acceptors (Lipinski definition) is 6. The minimum atomic E-state index is -0.575. The summed E-state index contributed by atoms with van der Waals surface area (Å²) in [5.74, 6) is 0.648. The number of nitrogen functional groups attached to an aromatic ring is 1. The monoisotopic (exact) mass is 357 g/mol. The second-order valence-electron chi connectivity index (χ2n) is 5.83. The normalized spacial score (nSPS) is 11.0. The first-order chi connectivity index (χ1) is 11.9. The van der Waals surface area contributed by atoms with E-state index in [4.69, 9.17) is 21.3 Å². The Hall–Kier alpha value is -2.64. The summed E-state index contributed by atoms with van der Waals surface area (Å²) >= 11 is 1.17. The number of fused-ring (bicyclic) bond motifs is 1. The molecule has 0 aliphatic heterocycles. The molecule has 0 saturated heterocycles. The van der Waals surface area contributed by atoms with Gasteiger partial charge in [-0.1, -0.05) is 12.1 Å². The van der Waals surface area contributed by atoms with E-state index in [-0.39, 0.29) is 11.5 Å². The van der Waals surface area contributed by atoms with Gasteiger partial charge in [0.15, 0.2) is 0 Å². The van der Waals surface area contributed by atoms with Crippen molar-refractivity contribution in [3.8, 4) is 11.5 Å². The number of aliphatic hydroxyl groups excluding tert-OH is 1. The zero-order valence-electron chi connectivity index (χ0n) is 14.0. The molecule has 0 aliphatic rings. The fourth-order valence-corrected chi connectivity index (χ4v) is 3.70. The molecule has 0 unspecified atom stereocenters. The number of anilines is 1. The molecule has 2 heterocycles. The number of aromatic nitrogens is 1. The van der Waals surface area contributed by atoms with Crippen LogP contribution >= 0.6 is 11.3 Å². The Balaban J connectivity index is 2.08. The van der Waals surface area contributed by atoms with E-state index >= 15 is 0 Å². The number of amides is 1. The Morgan fingerprint density at radius 1 is 1.28 bits per heavy atom. The van der Waals surface area contributed by atoms with Crippen LogP contribution in [-0.4, -0.2) is 22.6 Å². The number of pyridine rings is 1. The summed E-state index contributed by atoms with van der Waals surface area (Å²) in [6.07, 6.45) is 0.596. The van der Waals surface area contributed by atoms with Gasteiger partial charge >= 0.3 is 0 Å². The topological polar surface area (TPSA) is 111 Å². The predicted octanol–water partition coefficient (Wildman–Crippen LogP) is 2.92. The summed E-state index contributed by atoms with van der Waals surface area (Å²) in [7, 11) is 0. The zero-order chi connectivity index (χ0) is 18.1. The summed E-state index contributed by atoms with van der Waals surface area (Å²) < 4.78 is 6.08. The summed E-state index contributed by atoms with van der Waals surface area (Å²) in [5.41, 5.74) is 14.5. The van der Waals surface area contributed by atoms with Gasteiger partial charge in [-0.3, -0.25) is 4.79 Å². The molecule has 3 rings (SSSR count). The van der Waals surface area contributed by atoms with Crippen molar-refractivity contribution in [2.45, 2.75) is 20.3 Å². The maximum Gasteiger partial charge on any atom is 0.260 e. The lowest BCUT2D eigenvalue weighted by atomic mass is 10.1. The highest BCUT2D eigenvalue weighted by molar-refractivity contribution is 7.21.